The van der Waals surface area contributed by atoms with E-state index in [0.717, 1.165) is 39.2 Å². The van der Waals surface area contributed by atoms with E-state index in [2.05, 4.69) is 10.1 Å². The normalized spacial score (nSPS) is 10.8. The van der Waals surface area contributed by atoms with E-state index in [1.54, 1.807) is 31.3 Å². The Labute approximate surface area is 191 Å². The van der Waals surface area contributed by atoms with Gasteiger partial charge in [-0.2, -0.15) is 0 Å². The number of nitrogen functional groups attached to an aromatic ring is 1. The van der Waals surface area contributed by atoms with Gasteiger partial charge in [0.1, 0.15) is 11.5 Å². The Bertz CT molecular complexity index is 1410. The summed E-state index contributed by atoms with van der Waals surface area (Å²) in [4.78, 5) is 4.45. The molecule has 0 bridgehead atoms. The molecule has 7 heteroatoms. The number of nitrogens with zero attached hydrogens (tertiary/aromatic N) is 3. The Morgan fingerprint density at radius 3 is 2.24 bits per heavy atom. The van der Waals surface area contributed by atoms with Gasteiger partial charge < -0.3 is 19.9 Å². The van der Waals surface area contributed by atoms with Crippen molar-refractivity contribution in [3.63, 3.8) is 0 Å². The number of hydrogen-bond donors (Lipinski definition) is 1. The quantitative estimate of drug-likeness (QED) is 0.378. The first kappa shape index (κ1) is 20.4. The molecule has 2 aromatic heterocycles. The summed E-state index contributed by atoms with van der Waals surface area (Å²) in [6.45, 7) is 0. The molecular weight excluding hydrogens is 416 g/mol. The van der Waals surface area contributed by atoms with Gasteiger partial charge >= 0.3 is 0 Å². The predicted molar refractivity (Wildman–Crippen MR) is 128 cm³/mol. The lowest BCUT2D eigenvalue weighted by Gasteiger charge is -2.10. The molecule has 0 unspecified atom stereocenters. The molecule has 0 fully saturated rings. The summed E-state index contributed by atoms with van der Waals surface area (Å²) in [5.41, 5.74) is 9.81. The molecule has 0 amide bonds. The van der Waals surface area contributed by atoms with Gasteiger partial charge in [0.05, 0.1) is 37.0 Å². The summed E-state index contributed by atoms with van der Waals surface area (Å²) >= 11 is 0. The number of benzene rings is 3. The van der Waals surface area contributed by atoms with Crippen LogP contribution < -0.4 is 19.9 Å². The molecule has 0 saturated carbocycles. The highest BCUT2D eigenvalue weighted by molar-refractivity contribution is 6.01. The number of aromatic nitrogens is 3. The lowest BCUT2D eigenvalue weighted by Crippen LogP contribution is -1.99. The zero-order chi connectivity index (χ0) is 22.8. The van der Waals surface area contributed by atoms with E-state index in [0.29, 0.717) is 17.3 Å². The van der Waals surface area contributed by atoms with E-state index in [1.807, 2.05) is 72.8 Å². The summed E-state index contributed by atoms with van der Waals surface area (Å²) in [7, 11) is 3.20. The Morgan fingerprint density at radius 1 is 0.788 bits per heavy atom. The monoisotopic (exact) mass is 438 g/mol. The second kappa shape index (κ2) is 8.55. The molecule has 5 rings (SSSR count). The minimum absolute atomic E-state index is 0.418. The van der Waals surface area contributed by atoms with Crippen LogP contribution in [0.25, 0.3) is 27.7 Å². The molecule has 0 radical (unpaired) electrons. The van der Waals surface area contributed by atoms with Crippen molar-refractivity contribution >= 4 is 16.7 Å². The van der Waals surface area contributed by atoms with Gasteiger partial charge in [0.25, 0.3) is 0 Å². The molecule has 5 aromatic rings. The van der Waals surface area contributed by atoms with Crippen LogP contribution in [-0.4, -0.2) is 29.0 Å². The minimum atomic E-state index is 0.418. The van der Waals surface area contributed by atoms with Gasteiger partial charge in [-0.15, -0.1) is 5.10 Å². The summed E-state index contributed by atoms with van der Waals surface area (Å²) in [5.74, 6) is 3.20. The molecule has 33 heavy (non-hydrogen) atoms. The van der Waals surface area contributed by atoms with Crippen LogP contribution in [-0.2, 0) is 0 Å². The fourth-order valence-corrected chi connectivity index (χ4v) is 3.79. The first-order valence-corrected chi connectivity index (χ1v) is 10.4. The highest BCUT2D eigenvalue weighted by atomic mass is 16.5. The number of para-hydroxylation sites is 1. The van der Waals surface area contributed by atoms with Gasteiger partial charge in [0, 0.05) is 17.8 Å². The number of anilines is 1. The first-order chi connectivity index (χ1) is 16.2. The van der Waals surface area contributed by atoms with Crippen molar-refractivity contribution in [2.45, 2.75) is 0 Å². The molecule has 2 N–H and O–H groups in total. The van der Waals surface area contributed by atoms with Gasteiger partial charge in [0.2, 0.25) is 0 Å². The summed E-state index contributed by atoms with van der Waals surface area (Å²) in [6, 6.07) is 23.1. The third-order valence-corrected chi connectivity index (χ3v) is 5.37. The largest absolute Gasteiger partial charge is 0.493 e. The van der Waals surface area contributed by atoms with Crippen molar-refractivity contribution in [1.82, 2.24) is 14.8 Å². The van der Waals surface area contributed by atoms with Gasteiger partial charge in [-0.05, 0) is 42.0 Å². The Morgan fingerprint density at radius 2 is 1.52 bits per heavy atom. The number of methoxy groups -OCH3 is 2. The number of fused-ring (bicyclic) bond motifs is 1. The Balaban J connectivity index is 1.54. The molecule has 0 spiro atoms. The second-order valence-corrected chi connectivity index (χ2v) is 7.36. The molecule has 0 atom stereocenters. The fourth-order valence-electron chi connectivity index (χ4n) is 3.79. The summed E-state index contributed by atoms with van der Waals surface area (Å²) in [5, 5.41) is 5.41. The number of rotatable bonds is 6. The van der Waals surface area contributed by atoms with Gasteiger partial charge in [0.15, 0.2) is 17.3 Å². The fraction of sp³-hybridized carbons (Fsp3) is 0.0769. The van der Waals surface area contributed by atoms with Crippen molar-refractivity contribution in [3.8, 4) is 39.8 Å². The number of ether oxygens (including phenoxy) is 3. The Hall–Kier alpha value is -4.52. The molecule has 7 nitrogen and oxygen atoms in total. The van der Waals surface area contributed by atoms with E-state index in [4.69, 9.17) is 19.9 Å². The average molecular weight is 438 g/mol. The highest BCUT2D eigenvalue weighted by Crippen LogP contribution is 2.36. The highest BCUT2D eigenvalue weighted by Gasteiger charge is 2.16. The summed E-state index contributed by atoms with van der Waals surface area (Å²) < 4.78 is 18.4. The second-order valence-electron chi connectivity index (χ2n) is 7.36. The van der Waals surface area contributed by atoms with Crippen LogP contribution in [0.3, 0.4) is 0 Å². The van der Waals surface area contributed by atoms with Crippen LogP contribution in [0.15, 0.2) is 85.2 Å². The van der Waals surface area contributed by atoms with Crippen LogP contribution in [0.1, 0.15) is 0 Å². The number of hydrogen-bond acceptors (Lipinski definition) is 6. The summed E-state index contributed by atoms with van der Waals surface area (Å²) in [6.07, 6.45) is 3.55. The third kappa shape index (κ3) is 3.80. The minimum Gasteiger partial charge on any atom is -0.493 e. The lowest BCUT2D eigenvalue weighted by molar-refractivity contribution is 0.355. The van der Waals surface area contributed by atoms with Crippen molar-refractivity contribution in [3.05, 3.63) is 85.2 Å². The van der Waals surface area contributed by atoms with Crippen LogP contribution in [0.5, 0.6) is 23.0 Å². The maximum Gasteiger partial charge on any atom is 0.162 e. The van der Waals surface area contributed by atoms with Crippen molar-refractivity contribution < 1.29 is 14.2 Å². The average Bonchev–Trinajstić information content (AvgIpc) is 3.21. The van der Waals surface area contributed by atoms with Gasteiger partial charge in [-0.25, -0.2) is 4.68 Å². The predicted octanol–water partition coefficient (Wildman–Crippen LogP) is 5.48. The Kier molecular flexibility index (Phi) is 5.28. The van der Waals surface area contributed by atoms with Gasteiger partial charge in [-0.3, -0.25) is 4.98 Å². The van der Waals surface area contributed by atoms with Crippen molar-refractivity contribution in [2.24, 2.45) is 0 Å². The van der Waals surface area contributed by atoms with E-state index < -0.39 is 0 Å². The third-order valence-electron chi connectivity index (χ3n) is 5.37. The van der Waals surface area contributed by atoms with E-state index in [-0.39, 0.29) is 0 Å². The van der Waals surface area contributed by atoms with Gasteiger partial charge in [-0.1, -0.05) is 30.3 Å². The standard InChI is InChI=1S/C26H22N4O3/c1-31-23-13-10-18(14-24(23)32-2)30-22-16-28-15-21(25(22)26(27)29-30)17-8-11-20(12-9-17)33-19-6-4-3-5-7-19/h3-16H,1-2H3,(H2,27,29). The zero-order valence-electron chi connectivity index (χ0n) is 18.2. The zero-order valence-corrected chi connectivity index (χ0v) is 18.2. The van der Waals surface area contributed by atoms with Crippen molar-refractivity contribution in [2.75, 3.05) is 20.0 Å². The van der Waals surface area contributed by atoms with E-state index >= 15 is 0 Å². The maximum atomic E-state index is 6.37. The molecule has 0 aliphatic heterocycles. The van der Waals surface area contributed by atoms with Crippen LogP contribution in [0.4, 0.5) is 5.82 Å². The van der Waals surface area contributed by atoms with E-state index in [1.165, 1.54) is 0 Å². The SMILES string of the molecule is COc1ccc(-n2nc(N)c3c(-c4ccc(Oc5ccccc5)cc4)cncc32)cc1OC. The molecule has 0 saturated heterocycles. The lowest BCUT2D eigenvalue weighted by atomic mass is 10.0. The smallest absolute Gasteiger partial charge is 0.162 e. The molecule has 3 aromatic carbocycles. The van der Waals surface area contributed by atoms with Crippen LogP contribution in [0, 0.1) is 0 Å². The molecule has 2 heterocycles. The van der Waals surface area contributed by atoms with E-state index in [9.17, 15) is 0 Å². The van der Waals surface area contributed by atoms with Crippen LogP contribution in [0.2, 0.25) is 0 Å². The number of pyridine rings is 1. The molecule has 0 aliphatic carbocycles. The first-order valence-electron chi connectivity index (χ1n) is 10.4. The molecule has 164 valence electrons. The topological polar surface area (TPSA) is 84.4 Å². The number of nitrogens with two attached hydrogens (primary N) is 1. The van der Waals surface area contributed by atoms with Crippen molar-refractivity contribution in [1.29, 1.82) is 0 Å². The van der Waals surface area contributed by atoms with Crippen LogP contribution >= 0.6 is 0 Å². The molecular formula is C26H22N4O3. The maximum absolute atomic E-state index is 6.37. The molecule has 0 aliphatic rings.